The highest BCUT2D eigenvalue weighted by Gasteiger charge is 2.09. The van der Waals surface area contributed by atoms with Crippen LogP contribution in [0, 0.1) is 0 Å². The van der Waals surface area contributed by atoms with Crippen molar-refractivity contribution in [3.63, 3.8) is 0 Å². The van der Waals surface area contributed by atoms with Gasteiger partial charge in [0.05, 0.1) is 4.47 Å². The molecule has 1 aromatic rings. The summed E-state index contributed by atoms with van der Waals surface area (Å²) in [6.45, 7) is 12.0. The van der Waals surface area contributed by atoms with Crippen LogP contribution in [-0.4, -0.2) is 44.2 Å². The standard InChI is InChI=1S/C16H23BrN2O/c1-13(2)12-20-16-4-3-14(11-15(16)17)5-8-19-9-6-18-7-10-19/h3-4,11,18H,1,5-10,12H2,2H3. The summed E-state index contributed by atoms with van der Waals surface area (Å²) in [6.07, 6.45) is 1.08. The van der Waals surface area contributed by atoms with Gasteiger partial charge in [0, 0.05) is 32.7 Å². The van der Waals surface area contributed by atoms with Gasteiger partial charge in [-0.1, -0.05) is 12.6 Å². The van der Waals surface area contributed by atoms with Crippen LogP contribution in [0.25, 0.3) is 0 Å². The van der Waals surface area contributed by atoms with Crippen LogP contribution in [0.3, 0.4) is 0 Å². The molecule has 0 amide bonds. The molecule has 0 radical (unpaired) electrons. The molecule has 1 fully saturated rings. The van der Waals surface area contributed by atoms with E-state index in [9.17, 15) is 0 Å². The van der Waals surface area contributed by atoms with Gasteiger partial charge in [0.25, 0.3) is 0 Å². The molecule has 1 aliphatic rings. The minimum absolute atomic E-state index is 0.568. The summed E-state index contributed by atoms with van der Waals surface area (Å²) in [6, 6.07) is 6.36. The van der Waals surface area contributed by atoms with Crippen molar-refractivity contribution in [3.05, 3.63) is 40.4 Å². The van der Waals surface area contributed by atoms with Crippen LogP contribution in [0.4, 0.5) is 0 Å². The molecule has 0 aromatic heterocycles. The van der Waals surface area contributed by atoms with E-state index in [1.54, 1.807) is 0 Å². The lowest BCUT2D eigenvalue weighted by Gasteiger charge is -2.27. The summed E-state index contributed by atoms with van der Waals surface area (Å²) >= 11 is 3.58. The largest absolute Gasteiger partial charge is 0.488 e. The van der Waals surface area contributed by atoms with Crippen LogP contribution in [0.1, 0.15) is 12.5 Å². The number of nitrogens with zero attached hydrogens (tertiary/aromatic N) is 1. The van der Waals surface area contributed by atoms with Crippen molar-refractivity contribution >= 4 is 15.9 Å². The van der Waals surface area contributed by atoms with Gasteiger partial charge in [-0.25, -0.2) is 0 Å². The number of hydrogen-bond acceptors (Lipinski definition) is 3. The Morgan fingerprint density at radius 3 is 2.80 bits per heavy atom. The Labute approximate surface area is 130 Å². The van der Waals surface area contributed by atoms with Gasteiger partial charge in [-0.05, 0) is 52.5 Å². The molecule has 2 rings (SSSR count). The molecule has 4 heteroatoms. The van der Waals surface area contributed by atoms with Crippen LogP contribution < -0.4 is 10.1 Å². The zero-order valence-corrected chi connectivity index (χ0v) is 13.7. The van der Waals surface area contributed by atoms with E-state index in [-0.39, 0.29) is 0 Å². The minimum atomic E-state index is 0.568. The maximum Gasteiger partial charge on any atom is 0.133 e. The van der Waals surface area contributed by atoms with E-state index in [1.807, 2.05) is 13.0 Å². The predicted molar refractivity (Wildman–Crippen MR) is 87.5 cm³/mol. The highest BCUT2D eigenvalue weighted by molar-refractivity contribution is 9.10. The van der Waals surface area contributed by atoms with Crippen LogP contribution >= 0.6 is 15.9 Å². The normalized spacial score (nSPS) is 16.1. The van der Waals surface area contributed by atoms with E-state index in [0.717, 1.165) is 54.9 Å². The van der Waals surface area contributed by atoms with Crippen molar-refractivity contribution in [1.82, 2.24) is 10.2 Å². The number of nitrogens with one attached hydrogen (secondary N) is 1. The van der Waals surface area contributed by atoms with Crippen molar-refractivity contribution in [3.8, 4) is 5.75 Å². The van der Waals surface area contributed by atoms with E-state index < -0.39 is 0 Å². The second kappa shape index (κ2) is 7.81. The molecule has 0 saturated carbocycles. The first-order chi connectivity index (χ1) is 9.65. The number of piperazine rings is 1. The molecule has 3 nitrogen and oxygen atoms in total. The number of hydrogen-bond donors (Lipinski definition) is 1. The van der Waals surface area contributed by atoms with Crippen molar-refractivity contribution in [1.29, 1.82) is 0 Å². The topological polar surface area (TPSA) is 24.5 Å². The third-order valence-electron chi connectivity index (χ3n) is 3.40. The second-order valence-corrected chi connectivity index (χ2v) is 6.21. The molecular formula is C16H23BrN2O. The Hall–Kier alpha value is -0.840. The van der Waals surface area contributed by atoms with Crippen LogP contribution in [-0.2, 0) is 6.42 Å². The highest BCUT2D eigenvalue weighted by atomic mass is 79.9. The Balaban J connectivity index is 1.86. The van der Waals surface area contributed by atoms with Crippen LogP contribution in [0.2, 0.25) is 0 Å². The zero-order valence-electron chi connectivity index (χ0n) is 12.1. The Morgan fingerprint density at radius 2 is 2.15 bits per heavy atom. The lowest BCUT2D eigenvalue weighted by atomic mass is 10.1. The van der Waals surface area contributed by atoms with Gasteiger partial charge in [-0.15, -0.1) is 0 Å². The lowest BCUT2D eigenvalue weighted by Crippen LogP contribution is -2.44. The van der Waals surface area contributed by atoms with E-state index in [0.29, 0.717) is 6.61 Å². The third kappa shape index (κ3) is 4.93. The molecule has 0 atom stereocenters. The van der Waals surface area contributed by atoms with Gasteiger partial charge < -0.3 is 15.0 Å². The van der Waals surface area contributed by atoms with Crippen molar-refractivity contribution in [2.24, 2.45) is 0 Å². The van der Waals surface area contributed by atoms with Gasteiger partial charge in [0.1, 0.15) is 12.4 Å². The Morgan fingerprint density at radius 1 is 1.40 bits per heavy atom. The summed E-state index contributed by atoms with van der Waals surface area (Å²) in [7, 11) is 0. The quantitative estimate of drug-likeness (QED) is 0.807. The monoisotopic (exact) mass is 338 g/mol. The van der Waals surface area contributed by atoms with Crippen LogP contribution in [0.5, 0.6) is 5.75 Å². The van der Waals surface area contributed by atoms with E-state index in [1.165, 1.54) is 5.56 Å². The first-order valence-electron chi connectivity index (χ1n) is 7.14. The third-order valence-corrected chi connectivity index (χ3v) is 4.02. The summed E-state index contributed by atoms with van der Waals surface area (Å²) in [5.74, 6) is 0.888. The van der Waals surface area contributed by atoms with Gasteiger partial charge in [0.15, 0.2) is 0 Å². The molecule has 0 bridgehead atoms. The fraction of sp³-hybridized carbons (Fsp3) is 0.500. The first-order valence-corrected chi connectivity index (χ1v) is 7.93. The highest BCUT2D eigenvalue weighted by Crippen LogP contribution is 2.26. The Kier molecular flexibility index (Phi) is 6.07. The second-order valence-electron chi connectivity index (χ2n) is 5.35. The summed E-state index contributed by atoms with van der Waals surface area (Å²) in [4.78, 5) is 2.51. The predicted octanol–water partition coefficient (Wildman–Crippen LogP) is 2.85. The van der Waals surface area contributed by atoms with Crippen molar-refractivity contribution in [2.45, 2.75) is 13.3 Å². The van der Waals surface area contributed by atoms with Crippen molar-refractivity contribution < 1.29 is 4.74 Å². The summed E-state index contributed by atoms with van der Waals surface area (Å²) in [5, 5.41) is 3.38. The Bertz CT molecular complexity index is 456. The molecule has 20 heavy (non-hydrogen) atoms. The minimum Gasteiger partial charge on any atom is -0.488 e. The molecular weight excluding hydrogens is 316 g/mol. The smallest absolute Gasteiger partial charge is 0.133 e. The lowest BCUT2D eigenvalue weighted by molar-refractivity contribution is 0.244. The maximum absolute atomic E-state index is 5.68. The van der Waals surface area contributed by atoms with Gasteiger partial charge in [-0.2, -0.15) is 0 Å². The van der Waals surface area contributed by atoms with Crippen LogP contribution in [0.15, 0.2) is 34.8 Å². The molecule has 110 valence electrons. The zero-order chi connectivity index (χ0) is 14.4. The molecule has 1 heterocycles. The fourth-order valence-electron chi connectivity index (χ4n) is 2.24. The van der Waals surface area contributed by atoms with Gasteiger partial charge in [0.2, 0.25) is 0 Å². The molecule has 1 aromatic carbocycles. The SMILES string of the molecule is C=C(C)COc1ccc(CCN2CCNCC2)cc1Br. The average Bonchev–Trinajstić information content (AvgIpc) is 2.45. The van der Waals surface area contributed by atoms with E-state index in [4.69, 9.17) is 4.74 Å². The van der Waals surface area contributed by atoms with Gasteiger partial charge >= 0.3 is 0 Å². The number of benzene rings is 1. The molecule has 1 saturated heterocycles. The molecule has 1 aliphatic heterocycles. The fourth-order valence-corrected chi connectivity index (χ4v) is 2.78. The number of rotatable bonds is 6. The molecule has 0 aliphatic carbocycles. The molecule has 0 unspecified atom stereocenters. The first kappa shape index (κ1) is 15.5. The number of halogens is 1. The maximum atomic E-state index is 5.68. The summed E-state index contributed by atoms with van der Waals surface area (Å²) in [5.41, 5.74) is 2.37. The summed E-state index contributed by atoms with van der Waals surface area (Å²) < 4.78 is 6.71. The number of ether oxygens (including phenoxy) is 1. The average molecular weight is 339 g/mol. The van der Waals surface area contributed by atoms with E-state index in [2.05, 4.69) is 44.9 Å². The van der Waals surface area contributed by atoms with Gasteiger partial charge in [-0.3, -0.25) is 0 Å². The molecule has 0 spiro atoms. The van der Waals surface area contributed by atoms with E-state index >= 15 is 0 Å². The molecule has 1 N–H and O–H groups in total. The van der Waals surface area contributed by atoms with Crippen molar-refractivity contribution in [2.75, 3.05) is 39.3 Å².